The lowest BCUT2D eigenvalue weighted by Crippen LogP contribution is -2.40. The van der Waals surface area contributed by atoms with Crippen LogP contribution in [-0.2, 0) is 14.6 Å². The Labute approximate surface area is 228 Å². The Morgan fingerprint density at radius 1 is 0.974 bits per heavy atom. The van der Waals surface area contributed by atoms with Crippen molar-refractivity contribution in [2.45, 2.75) is 48.1 Å². The molecule has 0 spiro atoms. The fraction of sp³-hybridized carbons (Fsp3) is 0.321. The number of benzene rings is 3. The SMILES string of the molecule is CCS(=O)(=O)c1ccc(C(Oc2ccc(C(C)C)cc2)C(=O)NC2Nc3cc(OC)c(OC)cc3S2)cc1. The molecule has 1 aliphatic rings. The Morgan fingerprint density at radius 3 is 2.16 bits per heavy atom. The zero-order chi connectivity index (χ0) is 27.4. The van der Waals surface area contributed by atoms with E-state index in [1.54, 1.807) is 33.3 Å². The highest BCUT2D eigenvalue weighted by Crippen LogP contribution is 2.44. The Hall–Kier alpha value is -3.37. The van der Waals surface area contributed by atoms with E-state index in [9.17, 15) is 13.2 Å². The van der Waals surface area contributed by atoms with Crippen molar-refractivity contribution in [2.75, 3.05) is 25.3 Å². The van der Waals surface area contributed by atoms with E-state index in [2.05, 4.69) is 24.5 Å². The molecule has 1 amide bonds. The van der Waals surface area contributed by atoms with Gasteiger partial charge in [-0.3, -0.25) is 4.79 Å². The van der Waals surface area contributed by atoms with Gasteiger partial charge in [0.05, 0.1) is 30.6 Å². The number of amides is 1. The fourth-order valence-corrected chi connectivity index (χ4v) is 5.91. The van der Waals surface area contributed by atoms with Crippen molar-refractivity contribution in [3.63, 3.8) is 0 Å². The van der Waals surface area contributed by atoms with Crippen molar-refractivity contribution in [3.05, 3.63) is 71.8 Å². The summed E-state index contributed by atoms with van der Waals surface area (Å²) in [6, 6.07) is 17.6. The summed E-state index contributed by atoms with van der Waals surface area (Å²) in [5.41, 5.74) is 2.05. The standard InChI is InChI=1S/C28H32N2O6S2/c1-6-38(32,33)21-13-9-19(10-14-21)26(36-20-11-7-18(8-12-20)17(2)3)27(31)30-28-29-22-15-23(34-4)24(35-5)16-25(22)37-28/h7-17,26,28-29H,6H2,1-5H3,(H,30,31). The molecule has 3 aromatic carbocycles. The predicted molar refractivity (Wildman–Crippen MR) is 149 cm³/mol. The number of carbonyl (C=O) groups excluding carboxylic acids is 1. The number of rotatable bonds is 10. The van der Waals surface area contributed by atoms with Crippen LogP contribution in [0, 0.1) is 0 Å². The molecule has 8 nitrogen and oxygen atoms in total. The smallest absolute Gasteiger partial charge is 0.268 e. The number of hydrogen-bond donors (Lipinski definition) is 2. The molecule has 0 aromatic heterocycles. The van der Waals surface area contributed by atoms with Crippen LogP contribution in [0.3, 0.4) is 0 Å². The van der Waals surface area contributed by atoms with Crippen molar-refractivity contribution in [1.82, 2.24) is 5.32 Å². The topological polar surface area (TPSA) is 103 Å². The first-order chi connectivity index (χ1) is 18.1. The van der Waals surface area contributed by atoms with Crippen molar-refractivity contribution in [3.8, 4) is 17.2 Å². The highest BCUT2D eigenvalue weighted by molar-refractivity contribution is 8.00. The molecule has 0 saturated heterocycles. The van der Waals surface area contributed by atoms with E-state index < -0.39 is 21.4 Å². The third-order valence-electron chi connectivity index (χ3n) is 6.25. The first-order valence-electron chi connectivity index (χ1n) is 12.2. The third-order valence-corrected chi connectivity index (χ3v) is 9.06. The van der Waals surface area contributed by atoms with Gasteiger partial charge in [-0.1, -0.05) is 56.8 Å². The molecule has 38 heavy (non-hydrogen) atoms. The van der Waals surface area contributed by atoms with Gasteiger partial charge in [0, 0.05) is 16.5 Å². The predicted octanol–water partition coefficient (Wildman–Crippen LogP) is 5.36. The fourth-order valence-electron chi connectivity index (χ4n) is 4.00. The summed E-state index contributed by atoms with van der Waals surface area (Å²) in [5.74, 6) is 1.70. The molecule has 3 aromatic rings. The van der Waals surface area contributed by atoms with Crippen LogP contribution in [0.1, 0.15) is 43.9 Å². The molecule has 1 heterocycles. The molecule has 0 radical (unpaired) electrons. The number of sulfone groups is 1. The highest BCUT2D eigenvalue weighted by Gasteiger charge is 2.30. The maximum atomic E-state index is 13.6. The molecule has 2 atom stereocenters. The number of anilines is 1. The van der Waals surface area contributed by atoms with Crippen LogP contribution in [0.25, 0.3) is 0 Å². The monoisotopic (exact) mass is 556 g/mol. The van der Waals surface area contributed by atoms with Crippen LogP contribution in [0.5, 0.6) is 17.2 Å². The van der Waals surface area contributed by atoms with Crippen LogP contribution in [0.4, 0.5) is 5.69 Å². The first-order valence-corrected chi connectivity index (χ1v) is 14.8. The van der Waals surface area contributed by atoms with Crippen molar-refractivity contribution < 1.29 is 27.4 Å². The van der Waals surface area contributed by atoms with Gasteiger partial charge in [-0.15, -0.1) is 0 Å². The zero-order valence-corrected chi connectivity index (χ0v) is 23.6. The van der Waals surface area contributed by atoms with Crippen molar-refractivity contribution in [1.29, 1.82) is 0 Å². The van der Waals surface area contributed by atoms with E-state index in [0.29, 0.717) is 28.7 Å². The molecule has 202 valence electrons. The number of ether oxygens (including phenoxy) is 3. The summed E-state index contributed by atoms with van der Waals surface area (Å²) in [6.07, 6.45) is -1.01. The summed E-state index contributed by atoms with van der Waals surface area (Å²) in [4.78, 5) is 14.7. The van der Waals surface area contributed by atoms with Crippen LogP contribution in [0.2, 0.25) is 0 Å². The third kappa shape index (κ3) is 6.02. The summed E-state index contributed by atoms with van der Waals surface area (Å²) in [7, 11) is -0.228. The number of fused-ring (bicyclic) bond motifs is 1. The Bertz CT molecular complexity index is 1360. The highest BCUT2D eigenvalue weighted by atomic mass is 32.2. The van der Waals surface area contributed by atoms with E-state index >= 15 is 0 Å². The largest absolute Gasteiger partial charge is 0.493 e. The molecule has 0 saturated carbocycles. The van der Waals surface area contributed by atoms with Gasteiger partial charge in [0.15, 0.2) is 26.8 Å². The summed E-state index contributed by atoms with van der Waals surface area (Å²) in [6.45, 7) is 5.81. The van der Waals surface area contributed by atoms with Crippen LogP contribution in [0.15, 0.2) is 70.5 Å². The Morgan fingerprint density at radius 2 is 1.58 bits per heavy atom. The van der Waals surface area contributed by atoms with Gasteiger partial charge in [0.1, 0.15) is 5.75 Å². The zero-order valence-electron chi connectivity index (χ0n) is 22.0. The van der Waals surface area contributed by atoms with Crippen molar-refractivity contribution in [2.24, 2.45) is 0 Å². The maximum Gasteiger partial charge on any atom is 0.268 e. The van der Waals surface area contributed by atoms with Crippen molar-refractivity contribution >= 4 is 33.2 Å². The summed E-state index contributed by atoms with van der Waals surface area (Å²) < 4.78 is 41.5. The minimum atomic E-state index is -3.37. The van der Waals surface area contributed by atoms with E-state index in [4.69, 9.17) is 14.2 Å². The van der Waals surface area contributed by atoms with Gasteiger partial charge in [0.25, 0.3) is 5.91 Å². The number of methoxy groups -OCH3 is 2. The van der Waals surface area contributed by atoms with E-state index in [-0.39, 0.29) is 16.6 Å². The summed E-state index contributed by atoms with van der Waals surface area (Å²) >= 11 is 1.43. The Kier molecular flexibility index (Phi) is 8.42. The molecule has 0 aliphatic carbocycles. The van der Waals surface area contributed by atoms with Gasteiger partial charge in [-0.25, -0.2) is 8.42 Å². The number of thioether (sulfide) groups is 1. The molecule has 1 aliphatic heterocycles. The second-order valence-corrected chi connectivity index (χ2v) is 12.5. The average molecular weight is 557 g/mol. The first kappa shape index (κ1) is 27.7. The molecule has 4 rings (SSSR count). The normalized spacial score (nSPS) is 15.4. The minimum Gasteiger partial charge on any atom is -0.493 e. The maximum absolute atomic E-state index is 13.6. The minimum absolute atomic E-state index is 0.00430. The van der Waals surface area contributed by atoms with Crippen LogP contribution in [-0.4, -0.2) is 39.8 Å². The lowest BCUT2D eigenvalue weighted by Gasteiger charge is -2.22. The quantitative estimate of drug-likeness (QED) is 0.344. The van der Waals surface area contributed by atoms with Gasteiger partial charge < -0.3 is 24.8 Å². The van der Waals surface area contributed by atoms with Gasteiger partial charge in [-0.2, -0.15) is 0 Å². The van der Waals surface area contributed by atoms with Gasteiger partial charge in [0.2, 0.25) is 6.10 Å². The van der Waals surface area contributed by atoms with E-state index in [0.717, 1.165) is 16.1 Å². The lowest BCUT2D eigenvalue weighted by atomic mass is 10.0. The molecular formula is C28H32N2O6S2. The average Bonchev–Trinajstić information content (AvgIpc) is 3.31. The van der Waals surface area contributed by atoms with Crippen LogP contribution < -0.4 is 24.8 Å². The Balaban J connectivity index is 1.58. The van der Waals surface area contributed by atoms with Gasteiger partial charge >= 0.3 is 0 Å². The molecule has 0 bridgehead atoms. The van der Waals surface area contributed by atoms with Crippen LogP contribution >= 0.6 is 11.8 Å². The van der Waals surface area contributed by atoms with E-state index in [1.165, 1.54) is 23.9 Å². The lowest BCUT2D eigenvalue weighted by molar-refractivity contribution is -0.128. The molecule has 2 N–H and O–H groups in total. The van der Waals surface area contributed by atoms with Gasteiger partial charge in [-0.05, 0) is 41.8 Å². The van der Waals surface area contributed by atoms with E-state index in [1.807, 2.05) is 36.4 Å². The molecule has 2 unspecified atom stereocenters. The molecular weight excluding hydrogens is 524 g/mol. The molecule has 0 fully saturated rings. The second-order valence-electron chi connectivity index (χ2n) is 9.05. The second kappa shape index (κ2) is 11.6. The number of carbonyl (C=O) groups is 1. The molecule has 10 heteroatoms. The number of hydrogen-bond acceptors (Lipinski definition) is 8. The number of nitrogens with one attached hydrogen (secondary N) is 2. The summed E-state index contributed by atoms with van der Waals surface area (Å²) in [5, 5.41) is 6.27.